The predicted octanol–water partition coefficient (Wildman–Crippen LogP) is 3.79. The smallest absolute Gasteiger partial charge is 0.335 e. The van der Waals surface area contributed by atoms with Gasteiger partial charge in [-0.25, -0.2) is 9.80 Å². The van der Waals surface area contributed by atoms with Crippen LogP contribution in [0.25, 0.3) is 0 Å². The van der Waals surface area contributed by atoms with Gasteiger partial charge in [0.15, 0.2) is 0 Å². The fourth-order valence-corrected chi connectivity index (χ4v) is 3.62. The first-order chi connectivity index (χ1) is 12.6. The fraction of sp³-hybridized carbons (Fsp3) is 0.286. The van der Waals surface area contributed by atoms with Crippen molar-refractivity contribution in [2.45, 2.75) is 38.5 Å². The molecule has 2 aliphatic rings. The number of carbonyl (C=O) groups excluding carboxylic acids is 1. The van der Waals surface area contributed by atoms with E-state index in [4.69, 9.17) is 5.11 Å². The number of aryl methyl sites for hydroxylation is 2. The van der Waals surface area contributed by atoms with Gasteiger partial charge < -0.3 is 5.11 Å². The molecule has 0 spiro atoms. The lowest BCUT2D eigenvalue weighted by atomic mass is 9.89. The van der Waals surface area contributed by atoms with Crippen LogP contribution in [-0.4, -0.2) is 22.7 Å². The molecule has 0 unspecified atom stereocenters. The van der Waals surface area contributed by atoms with Crippen molar-refractivity contribution in [3.05, 3.63) is 64.7 Å². The molecule has 0 fully saturated rings. The third kappa shape index (κ3) is 3.12. The number of anilines is 1. The number of benzene rings is 2. The Morgan fingerprint density at radius 1 is 0.923 bits per heavy atom. The fourth-order valence-electron chi connectivity index (χ4n) is 3.62. The molecule has 0 saturated carbocycles. The van der Waals surface area contributed by atoms with Gasteiger partial charge in [0.2, 0.25) is 5.91 Å². The molecular weight excluding hydrogens is 328 g/mol. The largest absolute Gasteiger partial charge is 0.478 e. The van der Waals surface area contributed by atoms with Gasteiger partial charge in [0.25, 0.3) is 0 Å². The summed E-state index contributed by atoms with van der Waals surface area (Å²) in [6, 6.07) is 12.7. The Balaban J connectivity index is 1.66. The van der Waals surface area contributed by atoms with E-state index in [-0.39, 0.29) is 11.5 Å². The first-order valence-electron chi connectivity index (χ1n) is 8.98. The number of carboxylic acid groups (broad SMARTS) is 1. The molecule has 0 radical (unpaired) electrons. The lowest BCUT2D eigenvalue weighted by Crippen LogP contribution is -2.32. The molecule has 1 aliphatic carbocycles. The van der Waals surface area contributed by atoms with Gasteiger partial charge >= 0.3 is 5.97 Å². The van der Waals surface area contributed by atoms with Crippen molar-refractivity contribution in [2.75, 3.05) is 5.01 Å². The van der Waals surface area contributed by atoms with Crippen LogP contribution < -0.4 is 5.01 Å². The summed E-state index contributed by atoms with van der Waals surface area (Å²) < 4.78 is 0. The highest BCUT2D eigenvalue weighted by atomic mass is 16.4. The highest BCUT2D eigenvalue weighted by molar-refractivity contribution is 6.09. The van der Waals surface area contributed by atoms with Crippen molar-refractivity contribution < 1.29 is 14.7 Å². The Hall–Kier alpha value is -2.95. The number of hydrogen-bond donors (Lipinski definition) is 1. The number of nitrogens with zero attached hydrogens (tertiary/aromatic N) is 2. The van der Waals surface area contributed by atoms with E-state index in [1.54, 1.807) is 12.1 Å². The maximum Gasteiger partial charge on any atom is 0.335 e. The Morgan fingerprint density at radius 3 is 2.38 bits per heavy atom. The van der Waals surface area contributed by atoms with Crippen molar-refractivity contribution in [3.63, 3.8) is 0 Å². The molecule has 0 saturated heterocycles. The normalized spacial score (nSPS) is 16.8. The second-order valence-electron chi connectivity index (χ2n) is 6.79. The SMILES string of the molecule is O=C(O)c1ccc(N2N=C(c3ccc4c(c3)CCCC4)CCC2=O)cc1. The molecule has 1 N–H and O–H groups in total. The van der Waals surface area contributed by atoms with E-state index in [1.165, 1.54) is 41.1 Å². The molecule has 26 heavy (non-hydrogen) atoms. The number of hydrazone groups is 1. The minimum atomic E-state index is -0.986. The quantitative estimate of drug-likeness (QED) is 0.917. The van der Waals surface area contributed by atoms with Gasteiger partial charge in [-0.3, -0.25) is 4.79 Å². The molecule has 0 aromatic heterocycles. The van der Waals surface area contributed by atoms with Crippen LogP contribution in [-0.2, 0) is 17.6 Å². The van der Waals surface area contributed by atoms with Gasteiger partial charge in [0.1, 0.15) is 0 Å². The Kier molecular flexibility index (Phi) is 4.29. The number of carboxylic acids is 1. The number of amides is 1. The first-order valence-corrected chi connectivity index (χ1v) is 8.98. The molecule has 1 aliphatic heterocycles. The van der Waals surface area contributed by atoms with Crippen LogP contribution in [0.4, 0.5) is 5.69 Å². The molecule has 1 amide bonds. The Labute approximate surface area is 152 Å². The van der Waals surface area contributed by atoms with Gasteiger partial charge in [-0.1, -0.05) is 12.1 Å². The minimum absolute atomic E-state index is 0.0743. The zero-order valence-electron chi connectivity index (χ0n) is 14.4. The second-order valence-corrected chi connectivity index (χ2v) is 6.79. The predicted molar refractivity (Wildman–Crippen MR) is 99.7 cm³/mol. The maximum atomic E-state index is 12.3. The van der Waals surface area contributed by atoms with E-state index < -0.39 is 5.97 Å². The van der Waals surface area contributed by atoms with Crippen LogP contribution >= 0.6 is 0 Å². The van der Waals surface area contributed by atoms with Crippen LogP contribution in [0.15, 0.2) is 47.6 Å². The highest BCUT2D eigenvalue weighted by Crippen LogP contribution is 2.26. The monoisotopic (exact) mass is 348 g/mol. The summed E-state index contributed by atoms with van der Waals surface area (Å²) in [4.78, 5) is 23.3. The first kappa shape index (κ1) is 16.5. The van der Waals surface area contributed by atoms with E-state index in [9.17, 15) is 9.59 Å². The lowest BCUT2D eigenvalue weighted by molar-refractivity contribution is -0.118. The summed E-state index contributed by atoms with van der Waals surface area (Å²) in [5.41, 5.74) is 5.58. The standard InChI is InChI=1S/C21H20N2O3/c24-20-12-11-19(17-6-5-14-3-1-2-4-16(14)13-17)22-23(20)18-9-7-15(8-10-18)21(25)26/h5-10,13H,1-4,11-12H2,(H,25,26). The van der Waals surface area contributed by atoms with Crippen molar-refractivity contribution in [2.24, 2.45) is 5.10 Å². The summed E-state index contributed by atoms with van der Waals surface area (Å²) in [5, 5.41) is 15.0. The summed E-state index contributed by atoms with van der Waals surface area (Å²) >= 11 is 0. The molecule has 5 heteroatoms. The number of carbonyl (C=O) groups is 2. The van der Waals surface area contributed by atoms with E-state index in [2.05, 4.69) is 23.3 Å². The third-order valence-corrected chi connectivity index (χ3v) is 5.07. The van der Waals surface area contributed by atoms with E-state index in [0.717, 1.165) is 24.1 Å². The molecule has 132 valence electrons. The van der Waals surface area contributed by atoms with Crippen LogP contribution in [0.5, 0.6) is 0 Å². The average Bonchev–Trinajstić information content (AvgIpc) is 2.68. The van der Waals surface area contributed by atoms with Crippen LogP contribution in [0.2, 0.25) is 0 Å². The molecule has 2 aromatic rings. The van der Waals surface area contributed by atoms with Gasteiger partial charge in [-0.05, 0) is 72.7 Å². The average molecular weight is 348 g/mol. The highest BCUT2D eigenvalue weighted by Gasteiger charge is 2.23. The van der Waals surface area contributed by atoms with Crippen molar-refractivity contribution in [3.8, 4) is 0 Å². The molecule has 0 bridgehead atoms. The van der Waals surface area contributed by atoms with Gasteiger partial charge in [-0.2, -0.15) is 5.10 Å². The molecule has 0 atom stereocenters. The second kappa shape index (κ2) is 6.75. The number of hydrogen-bond acceptors (Lipinski definition) is 3. The van der Waals surface area contributed by atoms with Crippen molar-refractivity contribution in [1.82, 2.24) is 0 Å². The third-order valence-electron chi connectivity index (χ3n) is 5.07. The topological polar surface area (TPSA) is 70.0 Å². The lowest BCUT2D eigenvalue weighted by Gasteiger charge is -2.24. The Morgan fingerprint density at radius 2 is 1.65 bits per heavy atom. The summed E-state index contributed by atoms with van der Waals surface area (Å²) in [5.74, 6) is -1.06. The number of aromatic carboxylic acids is 1. The van der Waals surface area contributed by atoms with Crippen LogP contribution in [0.1, 0.15) is 52.7 Å². The summed E-state index contributed by atoms with van der Waals surface area (Å²) in [7, 11) is 0. The van der Waals surface area contributed by atoms with E-state index in [0.29, 0.717) is 18.5 Å². The summed E-state index contributed by atoms with van der Waals surface area (Å²) in [6.07, 6.45) is 5.75. The molecule has 2 aromatic carbocycles. The summed E-state index contributed by atoms with van der Waals surface area (Å²) in [6.45, 7) is 0. The Bertz CT molecular complexity index is 900. The molecular formula is C21H20N2O3. The van der Waals surface area contributed by atoms with E-state index in [1.807, 2.05) is 0 Å². The van der Waals surface area contributed by atoms with Gasteiger partial charge in [0, 0.05) is 12.8 Å². The van der Waals surface area contributed by atoms with Crippen molar-refractivity contribution in [1.29, 1.82) is 0 Å². The van der Waals surface area contributed by atoms with Gasteiger partial charge in [-0.15, -0.1) is 0 Å². The molecule has 5 nitrogen and oxygen atoms in total. The van der Waals surface area contributed by atoms with Crippen LogP contribution in [0.3, 0.4) is 0 Å². The minimum Gasteiger partial charge on any atom is -0.478 e. The number of fused-ring (bicyclic) bond motifs is 1. The zero-order valence-corrected chi connectivity index (χ0v) is 14.4. The molecule has 4 rings (SSSR count). The van der Waals surface area contributed by atoms with E-state index >= 15 is 0 Å². The zero-order chi connectivity index (χ0) is 18.1. The maximum absolute atomic E-state index is 12.3. The van der Waals surface area contributed by atoms with Crippen molar-refractivity contribution >= 4 is 23.3 Å². The van der Waals surface area contributed by atoms with Gasteiger partial charge in [0.05, 0.1) is 17.0 Å². The molecule has 1 heterocycles. The van der Waals surface area contributed by atoms with Crippen LogP contribution in [0, 0.1) is 0 Å². The number of rotatable bonds is 3.